The summed E-state index contributed by atoms with van der Waals surface area (Å²) >= 11 is 6.05. The van der Waals surface area contributed by atoms with Crippen LogP contribution in [0.3, 0.4) is 0 Å². The van der Waals surface area contributed by atoms with Crippen LogP contribution in [0.5, 0.6) is 11.5 Å². The smallest absolute Gasteiger partial charge is 0.253 e. The molecule has 0 bridgehead atoms. The van der Waals surface area contributed by atoms with Crippen LogP contribution in [0.25, 0.3) is 0 Å². The maximum Gasteiger partial charge on any atom is 0.253 e. The summed E-state index contributed by atoms with van der Waals surface area (Å²) in [5.41, 5.74) is 0.715. The van der Waals surface area contributed by atoms with E-state index in [4.69, 9.17) is 21.1 Å². The van der Waals surface area contributed by atoms with E-state index in [-0.39, 0.29) is 12.0 Å². The van der Waals surface area contributed by atoms with Crippen LogP contribution in [0.4, 0.5) is 5.69 Å². The Kier molecular flexibility index (Phi) is 4.61. The molecule has 1 aliphatic rings. The van der Waals surface area contributed by atoms with Crippen LogP contribution in [-0.4, -0.2) is 18.6 Å². The molecule has 0 spiro atoms. The summed E-state index contributed by atoms with van der Waals surface area (Å²) in [6.07, 6.45) is 1.38. The first-order valence-electron chi connectivity index (χ1n) is 7.17. The van der Waals surface area contributed by atoms with Gasteiger partial charge in [-0.15, -0.1) is 0 Å². The minimum Gasteiger partial charge on any atom is -0.456 e. The zero-order valence-electron chi connectivity index (χ0n) is 11.9. The van der Waals surface area contributed by atoms with E-state index >= 15 is 0 Å². The van der Waals surface area contributed by atoms with Crippen molar-refractivity contribution in [2.45, 2.75) is 18.9 Å². The second-order valence-corrected chi connectivity index (χ2v) is 5.45. The molecule has 22 heavy (non-hydrogen) atoms. The molecular formula is C17H16ClNO3. The third-order valence-electron chi connectivity index (χ3n) is 3.41. The van der Waals surface area contributed by atoms with E-state index in [0.717, 1.165) is 12.8 Å². The van der Waals surface area contributed by atoms with E-state index in [2.05, 4.69) is 5.32 Å². The van der Waals surface area contributed by atoms with Crippen molar-refractivity contribution in [2.24, 2.45) is 0 Å². The monoisotopic (exact) mass is 317 g/mol. The Morgan fingerprint density at radius 1 is 1.18 bits per heavy atom. The first kappa shape index (κ1) is 14.9. The van der Waals surface area contributed by atoms with E-state index in [1.165, 1.54) is 0 Å². The Morgan fingerprint density at radius 3 is 2.64 bits per heavy atom. The van der Waals surface area contributed by atoms with E-state index < -0.39 is 0 Å². The van der Waals surface area contributed by atoms with Crippen molar-refractivity contribution in [3.63, 3.8) is 0 Å². The number of amides is 1. The maximum absolute atomic E-state index is 12.0. The molecule has 5 heteroatoms. The third-order valence-corrected chi connectivity index (χ3v) is 3.72. The second kappa shape index (κ2) is 6.81. The van der Waals surface area contributed by atoms with Crippen LogP contribution in [0.2, 0.25) is 5.02 Å². The van der Waals surface area contributed by atoms with E-state index in [1.54, 1.807) is 36.4 Å². The number of hydrogen-bond donors (Lipinski definition) is 1. The van der Waals surface area contributed by atoms with Crippen LogP contribution in [0, 0.1) is 0 Å². The van der Waals surface area contributed by atoms with Gasteiger partial charge >= 0.3 is 0 Å². The zero-order valence-corrected chi connectivity index (χ0v) is 12.7. The van der Waals surface area contributed by atoms with Gasteiger partial charge in [0.1, 0.15) is 17.6 Å². The maximum atomic E-state index is 12.0. The highest BCUT2D eigenvalue weighted by Crippen LogP contribution is 2.29. The Morgan fingerprint density at radius 2 is 1.95 bits per heavy atom. The Labute approximate surface area is 134 Å². The van der Waals surface area contributed by atoms with Crippen molar-refractivity contribution >= 4 is 23.2 Å². The molecule has 1 fully saturated rings. The standard InChI is InChI=1S/C17H16ClNO3/c18-14-4-1-2-5-15(14)22-13-9-7-12(8-10-13)19-17(20)16-6-3-11-21-16/h1-2,4-5,7-10,16H,3,6,11H2,(H,19,20)/t16-/m1/s1. The Hall–Kier alpha value is -2.04. The topological polar surface area (TPSA) is 47.6 Å². The van der Waals surface area contributed by atoms with Crippen LogP contribution in [0.1, 0.15) is 12.8 Å². The average molecular weight is 318 g/mol. The molecule has 1 heterocycles. The molecule has 0 radical (unpaired) electrons. The normalized spacial score (nSPS) is 17.2. The van der Waals surface area contributed by atoms with Gasteiger partial charge in [0.25, 0.3) is 5.91 Å². The summed E-state index contributed by atoms with van der Waals surface area (Å²) in [6.45, 7) is 0.655. The lowest BCUT2D eigenvalue weighted by Crippen LogP contribution is -2.26. The summed E-state index contributed by atoms with van der Waals surface area (Å²) in [6, 6.07) is 14.4. The van der Waals surface area contributed by atoms with Gasteiger partial charge in [0.2, 0.25) is 0 Å². The molecule has 1 saturated heterocycles. The fraction of sp³-hybridized carbons (Fsp3) is 0.235. The fourth-order valence-corrected chi connectivity index (χ4v) is 2.44. The number of halogens is 1. The fourth-order valence-electron chi connectivity index (χ4n) is 2.27. The summed E-state index contributed by atoms with van der Waals surface area (Å²) in [5, 5.41) is 3.39. The van der Waals surface area contributed by atoms with Crippen LogP contribution in [-0.2, 0) is 9.53 Å². The molecule has 0 aromatic heterocycles. The van der Waals surface area contributed by atoms with Crippen molar-refractivity contribution in [2.75, 3.05) is 11.9 Å². The van der Waals surface area contributed by atoms with Crippen molar-refractivity contribution < 1.29 is 14.3 Å². The van der Waals surface area contributed by atoms with Gasteiger partial charge in [-0.3, -0.25) is 4.79 Å². The van der Waals surface area contributed by atoms with Gasteiger partial charge in [-0.2, -0.15) is 0 Å². The first-order valence-corrected chi connectivity index (χ1v) is 7.55. The number of ether oxygens (including phenoxy) is 2. The molecule has 0 unspecified atom stereocenters. The zero-order chi connectivity index (χ0) is 15.4. The van der Waals surface area contributed by atoms with Gasteiger partial charge in [0, 0.05) is 12.3 Å². The summed E-state index contributed by atoms with van der Waals surface area (Å²) in [7, 11) is 0. The molecule has 0 aliphatic carbocycles. The minimum atomic E-state index is -0.334. The number of hydrogen-bond acceptors (Lipinski definition) is 3. The number of anilines is 1. The van der Waals surface area contributed by atoms with E-state index in [0.29, 0.717) is 28.8 Å². The van der Waals surface area contributed by atoms with Crippen LogP contribution < -0.4 is 10.1 Å². The molecule has 1 atom stereocenters. The highest BCUT2D eigenvalue weighted by Gasteiger charge is 2.23. The summed E-state index contributed by atoms with van der Waals surface area (Å²) in [4.78, 5) is 12.0. The predicted octanol–water partition coefficient (Wildman–Crippen LogP) is 4.25. The number of benzene rings is 2. The summed E-state index contributed by atoms with van der Waals surface area (Å²) in [5.74, 6) is 1.15. The number of carbonyl (C=O) groups is 1. The first-order chi connectivity index (χ1) is 10.7. The minimum absolute atomic E-state index is 0.0997. The average Bonchev–Trinajstić information content (AvgIpc) is 3.06. The highest BCUT2D eigenvalue weighted by molar-refractivity contribution is 6.32. The quantitative estimate of drug-likeness (QED) is 0.917. The highest BCUT2D eigenvalue weighted by atomic mass is 35.5. The molecule has 1 N–H and O–H groups in total. The SMILES string of the molecule is O=C(Nc1ccc(Oc2ccccc2Cl)cc1)[C@H]1CCCO1. The molecule has 114 valence electrons. The molecule has 2 aromatic rings. The second-order valence-electron chi connectivity index (χ2n) is 5.05. The van der Waals surface area contributed by atoms with E-state index in [1.807, 2.05) is 12.1 Å². The number of rotatable bonds is 4. The molecule has 0 saturated carbocycles. The lowest BCUT2D eigenvalue weighted by Gasteiger charge is -2.11. The van der Waals surface area contributed by atoms with Crippen molar-refractivity contribution in [3.05, 3.63) is 53.6 Å². The lowest BCUT2D eigenvalue weighted by molar-refractivity contribution is -0.124. The van der Waals surface area contributed by atoms with Gasteiger partial charge in [-0.05, 0) is 49.2 Å². The largest absolute Gasteiger partial charge is 0.456 e. The Balaban J connectivity index is 1.63. The molecule has 4 nitrogen and oxygen atoms in total. The molecule has 1 aliphatic heterocycles. The number of carbonyl (C=O) groups excluding carboxylic acids is 1. The lowest BCUT2D eigenvalue weighted by atomic mass is 10.2. The van der Waals surface area contributed by atoms with Crippen LogP contribution >= 0.6 is 11.6 Å². The van der Waals surface area contributed by atoms with Crippen LogP contribution in [0.15, 0.2) is 48.5 Å². The molecule has 3 rings (SSSR count). The molecule has 1 amide bonds. The summed E-state index contributed by atoms with van der Waals surface area (Å²) < 4.78 is 11.1. The van der Waals surface area contributed by atoms with Gasteiger partial charge in [0.15, 0.2) is 0 Å². The van der Waals surface area contributed by atoms with Gasteiger partial charge in [-0.25, -0.2) is 0 Å². The third kappa shape index (κ3) is 3.59. The molecular weight excluding hydrogens is 302 g/mol. The Bertz CT molecular complexity index is 651. The van der Waals surface area contributed by atoms with Crippen molar-refractivity contribution in [1.29, 1.82) is 0 Å². The number of nitrogens with one attached hydrogen (secondary N) is 1. The van der Waals surface area contributed by atoms with Crippen molar-refractivity contribution in [3.8, 4) is 11.5 Å². The van der Waals surface area contributed by atoms with Gasteiger partial charge in [-0.1, -0.05) is 23.7 Å². The number of para-hydroxylation sites is 1. The predicted molar refractivity (Wildman–Crippen MR) is 85.6 cm³/mol. The van der Waals surface area contributed by atoms with Gasteiger partial charge < -0.3 is 14.8 Å². The van der Waals surface area contributed by atoms with Crippen molar-refractivity contribution in [1.82, 2.24) is 0 Å². The molecule has 2 aromatic carbocycles. The van der Waals surface area contributed by atoms with Gasteiger partial charge in [0.05, 0.1) is 5.02 Å². The van der Waals surface area contributed by atoms with E-state index in [9.17, 15) is 4.79 Å².